The van der Waals surface area contributed by atoms with Gasteiger partial charge in [-0.05, 0) is 49.2 Å². The molecular formula is C24H30F2N2O4. The third kappa shape index (κ3) is 7.85. The van der Waals surface area contributed by atoms with Gasteiger partial charge < -0.3 is 19.5 Å². The first-order valence-corrected chi connectivity index (χ1v) is 10.9. The van der Waals surface area contributed by atoms with Crippen molar-refractivity contribution in [2.75, 3.05) is 59.1 Å². The summed E-state index contributed by atoms with van der Waals surface area (Å²) in [5, 5.41) is 8.56. The van der Waals surface area contributed by atoms with Crippen LogP contribution in [0.4, 0.5) is 8.78 Å². The maximum atomic E-state index is 13.9. The molecule has 3 rings (SSSR count). The SMILES string of the molecule is O=C(O)COCCN1CCN(CCCCOc2ccc(-c3ccc(F)cc3F)cc2)CC1. The third-order valence-corrected chi connectivity index (χ3v) is 5.48. The van der Waals surface area contributed by atoms with E-state index in [0.29, 0.717) is 24.3 Å². The standard InChI is InChI=1S/C24H30F2N2O4/c25-20-5-8-22(23(26)17-20)19-3-6-21(7-4-19)32-15-2-1-9-27-10-12-28(13-11-27)14-16-31-18-24(29)30/h3-8,17H,1-2,9-16,18H2,(H,29,30). The fourth-order valence-corrected chi connectivity index (χ4v) is 3.67. The minimum Gasteiger partial charge on any atom is -0.494 e. The molecule has 1 fully saturated rings. The predicted octanol–water partition coefficient (Wildman–Crippen LogP) is 3.51. The summed E-state index contributed by atoms with van der Waals surface area (Å²) >= 11 is 0. The Morgan fingerprint density at radius 3 is 2.25 bits per heavy atom. The molecule has 0 unspecified atom stereocenters. The van der Waals surface area contributed by atoms with Crippen molar-refractivity contribution in [3.05, 3.63) is 54.1 Å². The van der Waals surface area contributed by atoms with Gasteiger partial charge in [-0.3, -0.25) is 4.90 Å². The number of benzene rings is 2. The topological polar surface area (TPSA) is 62.2 Å². The zero-order chi connectivity index (χ0) is 22.8. The van der Waals surface area contributed by atoms with E-state index in [-0.39, 0.29) is 6.61 Å². The number of ether oxygens (including phenoxy) is 2. The van der Waals surface area contributed by atoms with Crippen LogP contribution in [0.25, 0.3) is 11.1 Å². The van der Waals surface area contributed by atoms with Crippen LogP contribution in [0.2, 0.25) is 0 Å². The minimum absolute atomic E-state index is 0.237. The number of hydrogen-bond acceptors (Lipinski definition) is 5. The molecule has 0 amide bonds. The largest absolute Gasteiger partial charge is 0.494 e. The number of carboxylic acids is 1. The Bertz CT molecular complexity index is 856. The molecule has 0 aliphatic carbocycles. The molecule has 0 aromatic heterocycles. The highest BCUT2D eigenvalue weighted by atomic mass is 19.1. The van der Waals surface area contributed by atoms with Gasteiger partial charge in [-0.15, -0.1) is 0 Å². The van der Waals surface area contributed by atoms with E-state index in [4.69, 9.17) is 14.6 Å². The van der Waals surface area contributed by atoms with Gasteiger partial charge in [0, 0.05) is 44.4 Å². The number of piperazine rings is 1. The first-order chi connectivity index (χ1) is 15.5. The fourth-order valence-electron chi connectivity index (χ4n) is 3.67. The van der Waals surface area contributed by atoms with Crippen molar-refractivity contribution < 1.29 is 28.2 Å². The van der Waals surface area contributed by atoms with E-state index in [1.54, 1.807) is 24.3 Å². The first kappa shape index (κ1) is 24.1. The van der Waals surface area contributed by atoms with Crippen molar-refractivity contribution in [2.24, 2.45) is 0 Å². The van der Waals surface area contributed by atoms with Gasteiger partial charge in [0.15, 0.2) is 0 Å². The van der Waals surface area contributed by atoms with Gasteiger partial charge in [0.05, 0.1) is 13.2 Å². The number of carbonyl (C=O) groups is 1. The minimum atomic E-state index is -0.934. The molecule has 1 heterocycles. The Labute approximate surface area is 187 Å². The number of unbranched alkanes of at least 4 members (excludes halogenated alkanes) is 1. The van der Waals surface area contributed by atoms with Crippen LogP contribution >= 0.6 is 0 Å². The van der Waals surface area contributed by atoms with Crippen LogP contribution < -0.4 is 4.74 Å². The van der Waals surface area contributed by atoms with E-state index in [1.165, 1.54) is 12.1 Å². The quantitative estimate of drug-likeness (QED) is 0.502. The molecule has 0 spiro atoms. The molecule has 8 heteroatoms. The molecule has 32 heavy (non-hydrogen) atoms. The second kappa shape index (κ2) is 12.5. The van der Waals surface area contributed by atoms with Crippen molar-refractivity contribution in [1.29, 1.82) is 0 Å². The van der Waals surface area contributed by atoms with Crippen molar-refractivity contribution in [1.82, 2.24) is 9.80 Å². The summed E-state index contributed by atoms with van der Waals surface area (Å²) < 4.78 is 37.8. The lowest BCUT2D eigenvalue weighted by Gasteiger charge is -2.34. The van der Waals surface area contributed by atoms with Gasteiger partial charge in [0.25, 0.3) is 0 Å². The Kier molecular flexibility index (Phi) is 9.40. The van der Waals surface area contributed by atoms with Crippen molar-refractivity contribution >= 4 is 5.97 Å². The zero-order valence-electron chi connectivity index (χ0n) is 18.1. The van der Waals surface area contributed by atoms with E-state index in [1.807, 2.05) is 0 Å². The van der Waals surface area contributed by atoms with Crippen molar-refractivity contribution in [3.63, 3.8) is 0 Å². The lowest BCUT2D eigenvalue weighted by molar-refractivity contribution is -0.142. The second-order valence-corrected chi connectivity index (χ2v) is 7.83. The number of rotatable bonds is 12. The van der Waals surface area contributed by atoms with Gasteiger partial charge in [-0.2, -0.15) is 0 Å². The van der Waals surface area contributed by atoms with E-state index >= 15 is 0 Å². The molecule has 0 atom stereocenters. The van der Waals surface area contributed by atoms with Gasteiger partial charge in [0.2, 0.25) is 0 Å². The Morgan fingerprint density at radius 1 is 0.906 bits per heavy atom. The number of hydrogen-bond donors (Lipinski definition) is 1. The van der Waals surface area contributed by atoms with Crippen LogP contribution in [0.5, 0.6) is 5.75 Å². The highest BCUT2D eigenvalue weighted by Gasteiger charge is 2.16. The highest BCUT2D eigenvalue weighted by molar-refractivity contribution is 5.68. The molecule has 2 aromatic carbocycles. The molecule has 1 aliphatic rings. The third-order valence-electron chi connectivity index (χ3n) is 5.48. The average molecular weight is 449 g/mol. The summed E-state index contributed by atoms with van der Waals surface area (Å²) in [5.74, 6) is -1.37. The maximum Gasteiger partial charge on any atom is 0.329 e. The molecule has 174 valence electrons. The average Bonchev–Trinajstić information content (AvgIpc) is 2.78. The van der Waals surface area contributed by atoms with E-state index in [0.717, 1.165) is 63.9 Å². The molecule has 0 saturated carbocycles. The van der Waals surface area contributed by atoms with Gasteiger partial charge >= 0.3 is 5.97 Å². The summed E-state index contributed by atoms with van der Waals surface area (Å²) in [6, 6.07) is 10.7. The highest BCUT2D eigenvalue weighted by Crippen LogP contribution is 2.25. The van der Waals surface area contributed by atoms with E-state index in [9.17, 15) is 13.6 Å². The first-order valence-electron chi connectivity index (χ1n) is 10.9. The smallest absolute Gasteiger partial charge is 0.329 e. The number of carboxylic acid groups (broad SMARTS) is 1. The van der Waals surface area contributed by atoms with Crippen LogP contribution in [0, 0.1) is 11.6 Å². The fraction of sp³-hybridized carbons (Fsp3) is 0.458. The van der Waals surface area contributed by atoms with E-state index < -0.39 is 17.6 Å². The van der Waals surface area contributed by atoms with Gasteiger partial charge in [-0.1, -0.05) is 12.1 Å². The van der Waals surface area contributed by atoms with Crippen LogP contribution in [-0.4, -0.2) is 80.0 Å². The molecule has 6 nitrogen and oxygen atoms in total. The Hall–Kier alpha value is -2.55. The molecule has 1 N–H and O–H groups in total. The van der Waals surface area contributed by atoms with Crippen LogP contribution in [0.3, 0.4) is 0 Å². The summed E-state index contributed by atoms with van der Waals surface area (Å²) in [5.41, 5.74) is 1.05. The van der Waals surface area contributed by atoms with Gasteiger partial charge in [0.1, 0.15) is 24.0 Å². The van der Waals surface area contributed by atoms with Gasteiger partial charge in [-0.25, -0.2) is 13.6 Å². The monoisotopic (exact) mass is 448 g/mol. The lowest BCUT2D eigenvalue weighted by Crippen LogP contribution is -2.47. The summed E-state index contributed by atoms with van der Waals surface area (Å²) in [7, 11) is 0. The zero-order valence-corrected chi connectivity index (χ0v) is 18.1. The van der Waals surface area contributed by atoms with Crippen LogP contribution in [0.1, 0.15) is 12.8 Å². The summed E-state index contributed by atoms with van der Waals surface area (Å²) in [4.78, 5) is 15.2. The predicted molar refractivity (Wildman–Crippen MR) is 118 cm³/mol. The van der Waals surface area contributed by atoms with E-state index in [2.05, 4.69) is 9.80 Å². The van der Waals surface area contributed by atoms with Crippen LogP contribution in [0.15, 0.2) is 42.5 Å². The molecule has 1 aliphatic heterocycles. The number of halogens is 2. The molecule has 2 aromatic rings. The molecule has 1 saturated heterocycles. The van der Waals surface area contributed by atoms with Crippen LogP contribution in [-0.2, 0) is 9.53 Å². The molecule has 0 bridgehead atoms. The second-order valence-electron chi connectivity index (χ2n) is 7.83. The molecule has 0 radical (unpaired) electrons. The molecular weight excluding hydrogens is 418 g/mol. The maximum absolute atomic E-state index is 13.9. The summed E-state index contributed by atoms with van der Waals surface area (Å²) in [6.45, 7) is 6.55. The lowest BCUT2D eigenvalue weighted by atomic mass is 10.1. The number of aliphatic carboxylic acids is 1. The normalized spacial score (nSPS) is 15.1. The summed E-state index contributed by atoms with van der Waals surface area (Å²) in [6.07, 6.45) is 1.98. The van der Waals surface area contributed by atoms with Crippen molar-refractivity contribution in [3.8, 4) is 16.9 Å². The Morgan fingerprint density at radius 2 is 1.59 bits per heavy atom. The van der Waals surface area contributed by atoms with Crippen molar-refractivity contribution in [2.45, 2.75) is 12.8 Å². The number of nitrogens with zero attached hydrogens (tertiary/aromatic N) is 2. The Balaban J connectivity index is 1.27.